The molecule has 1 fully saturated rings. The van der Waals surface area contributed by atoms with Crippen LogP contribution in [0, 0.1) is 0 Å². The lowest BCUT2D eigenvalue weighted by molar-refractivity contribution is 0.0969. The summed E-state index contributed by atoms with van der Waals surface area (Å²) >= 11 is 0. The van der Waals surface area contributed by atoms with Crippen LogP contribution in [0.3, 0.4) is 0 Å². The minimum atomic E-state index is -0.354. The van der Waals surface area contributed by atoms with Crippen molar-refractivity contribution in [2.45, 2.75) is 25.0 Å². The van der Waals surface area contributed by atoms with E-state index in [0.29, 0.717) is 6.61 Å². The third-order valence-electron chi connectivity index (χ3n) is 1.59. The minimum Gasteiger partial charge on any atom is -0.391 e. The van der Waals surface area contributed by atoms with Crippen LogP contribution in [0.1, 0.15) is 12.8 Å². The van der Waals surface area contributed by atoms with E-state index in [1.54, 1.807) is 0 Å². The lowest BCUT2D eigenvalue weighted by atomic mass is 10.1. The maximum absolute atomic E-state index is 9.15. The fourth-order valence-corrected chi connectivity index (χ4v) is 0.939. The van der Waals surface area contributed by atoms with E-state index >= 15 is 0 Å². The van der Waals surface area contributed by atoms with E-state index in [1.165, 1.54) is 0 Å². The number of aliphatic hydroxyl groups excluding tert-OH is 1. The standard InChI is InChI=1S/C6H13NO2/c7-5-4-9-3-1-2-6(5)8/h5-6,8H,1-4,7H2/t5-,6+/m1/s1. The quantitative estimate of drug-likeness (QED) is 0.465. The molecule has 1 aliphatic heterocycles. The number of hydrogen-bond acceptors (Lipinski definition) is 3. The number of rotatable bonds is 0. The van der Waals surface area contributed by atoms with E-state index in [-0.39, 0.29) is 12.1 Å². The molecular formula is C6H13NO2. The topological polar surface area (TPSA) is 55.5 Å². The predicted octanol–water partition coefficient (Wildman–Crippen LogP) is -0.515. The minimum absolute atomic E-state index is 0.174. The van der Waals surface area contributed by atoms with Crippen LogP contribution in [-0.2, 0) is 4.74 Å². The van der Waals surface area contributed by atoms with Crippen molar-refractivity contribution in [2.75, 3.05) is 13.2 Å². The van der Waals surface area contributed by atoms with Crippen LogP contribution in [0.15, 0.2) is 0 Å². The molecule has 3 N–H and O–H groups in total. The summed E-state index contributed by atoms with van der Waals surface area (Å²) < 4.78 is 5.09. The third kappa shape index (κ3) is 1.93. The summed E-state index contributed by atoms with van der Waals surface area (Å²) in [6.45, 7) is 1.24. The van der Waals surface area contributed by atoms with Crippen LogP contribution in [0.2, 0.25) is 0 Å². The largest absolute Gasteiger partial charge is 0.391 e. The van der Waals surface area contributed by atoms with E-state index in [4.69, 9.17) is 15.6 Å². The summed E-state index contributed by atoms with van der Waals surface area (Å²) in [6.07, 6.45) is 1.35. The van der Waals surface area contributed by atoms with E-state index in [1.807, 2.05) is 0 Å². The van der Waals surface area contributed by atoms with Crippen LogP contribution in [0.4, 0.5) is 0 Å². The Bertz CT molecular complexity index is 77.1. The van der Waals surface area contributed by atoms with Crippen molar-refractivity contribution in [3.63, 3.8) is 0 Å². The van der Waals surface area contributed by atoms with Crippen molar-refractivity contribution in [3.05, 3.63) is 0 Å². The molecule has 1 heterocycles. The van der Waals surface area contributed by atoms with Crippen molar-refractivity contribution in [1.82, 2.24) is 0 Å². The number of hydrogen-bond donors (Lipinski definition) is 2. The first-order valence-corrected chi connectivity index (χ1v) is 3.32. The second kappa shape index (κ2) is 3.15. The van der Waals surface area contributed by atoms with Gasteiger partial charge < -0.3 is 15.6 Å². The van der Waals surface area contributed by atoms with Crippen LogP contribution < -0.4 is 5.73 Å². The van der Waals surface area contributed by atoms with Crippen LogP contribution >= 0.6 is 0 Å². The van der Waals surface area contributed by atoms with Gasteiger partial charge in [0.05, 0.1) is 18.8 Å². The molecule has 2 atom stereocenters. The summed E-state index contributed by atoms with van der Waals surface area (Å²) in [5.74, 6) is 0. The molecule has 0 aliphatic carbocycles. The highest BCUT2D eigenvalue weighted by Gasteiger charge is 2.17. The van der Waals surface area contributed by atoms with Gasteiger partial charge in [-0.05, 0) is 12.8 Å². The second-order valence-electron chi connectivity index (χ2n) is 2.45. The third-order valence-corrected chi connectivity index (χ3v) is 1.59. The molecule has 0 aromatic heterocycles. The van der Waals surface area contributed by atoms with Gasteiger partial charge in [-0.25, -0.2) is 0 Å². The molecule has 3 nitrogen and oxygen atoms in total. The molecule has 0 radical (unpaired) electrons. The molecule has 0 saturated carbocycles. The maximum atomic E-state index is 9.15. The first-order chi connectivity index (χ1) is 4.30. The monoisotopic (exact) mass is 131 g/mol. The average Bonchev–Trinajstić information content (AvgIpc) is 1.99. The predicted molar refractivity (Wildman–Crippen MR) is 34.0 cm³/mol. The van der Waals surface area contributed by atoms with E-state index in [9.17, 15) is 0 Å². The highest BCUT2D eigenvalue weighted by Crippen LogP contribution is 2.06. The summed E-state index contributed by atoms with van der Waals surface area (Å²) in [4.78, 5) is 0. The molecular weight excluding hydrogens is 118 g/mol. The molecule has 3 heteroatoms. The molecule has 0 spiro atoms. The number of aliphatic hydroxyl groups is 1. The van der Waals surface area contributed by atoms with Crippen molar-refractivity contribution < 1.29 is 9.84 Å². The highest BCUT2D eigenvalue weighted by atomic mass is 16.5. The Morgan fingerprint density at radius 2 is 2.33 bits per heavy atom. The van der Waals surface area contributed by atoms with Crippen LogP contribution in [0.5, 0.6) is 0 Å². The molecule has 9 heavy (non-hydrogen) atoms. The van der Waals surface area contributed by atoms with Gasteiger partial charge in [0.15, 0.2) is 0 Å². The van der Waals surface area contributed by atoms with Crippen molar-refractivity contribution >= 4 is 0 Å². The normalized spacial score (nSPS) is 38.0. The molecule has 54 valence electrons. The molecule has 0 aromatic carbocycles. The average molecular weight is 131 g/mol. The van der Waals surface area contributed by atoms with E-state index in [2.05, 4.69) is 0 Å². The van der Waals surface area contributed by atoms with Crippen molar-refractivity contribution in [2.24, 2.45) is 5.73 Å². The number of ether oxygens (including phenoxy) is 1. The van der Waals surface area contributed by atoms with E-state index < -0.39 is 0 Å². The van der Waals surface area contributed by atoms with Crippen LogP contribution in [-0.4, -0.2) is 30.5 Å². The van der Waals surface area contributed by atoms with Gasteiger partial charge in [0.2, 0.25) is 0 Å². The second-order valence-corrected chi connectivity index (χ2v) is 2.45. The van der Waals surface area contributed by atoms with Gasteiger partial charge >= 0.3 is 0 Å². The Kier molecular flexibility index (Phi) is 2.45. The Hall–Kier alpha value is -0.120. The van der Waals surface area contributed by atoms with Crippen molar-refractivity contribution in [3.8, 4) is 0 Å². The van der Waals surface area contributed by atoms with Crippen LogP contribution in [0.25, 0.3) is 0 Å². The zero-order valence-corrected chi connectivity index (χ0v) is 5.42. The SMILES string of the molecule is N[C@@H]1COCCC[C@@H]1O. The first kappa shape index (κ1) is 6.99. The summed E-state index contributed by atoms with van der Waals surface area (Å²) in [7, 11) is 0. The van der Waals surface area contributed by atoms with Gasteiger partial charge in [-0.1, -0.05) is 0 Å². The molecule has 0 bridgehead atoms. The molecule has 0 amide bonds. The van der Waals surface area contributed by atoms with Gasteiger partial charge in [-0.15, -0.1) is 0 Å². The Balaban J connectivity index is 2.32. The maximum Gasteiger partial charge on any atom is 0.0714 e. The fourth-order valence-electron chi connectivity index (χ4n) is 0.939. The number of nitrogens with two attached hydrogens (primary N) is 1. The van der Waals surface area contributed by atoms with Gasteiger partial charge in [0, 0.05) is 6.61 Å². The lowest BCUT2D eigenvalue weighted by Gasteiger charge is -2.12. The highest BCUT2D eigenvalue weighted by molar-refractivity contribution is 4.73. The van der Waals surface area contributed by atoms with E-state index in [0.717, 1.165) is 19.4 Å². The smallest absolute Gasteiger partial charge is 0.0714 e. The fraction of sp³-hybridized carbons (Fsp3) is 1.00. The van der Waals surface area contributed by atoms with Gasteiger partial charge in [0.25, 0.3) is 0 Å². The summed E-state index contributed by atoms with van der Waals surface area (Å²) in [5, 5.41) is 9.15. The van der Waals surface area contributed by atoms with Gasteiger partial charge in [0.1, 0.15) is 0 Å². The van der Waals surface area contributed by atoms with Crippen molar-refractivity contribution in [1.29, 1.82) is 0 Å². The molecule has 1 saturated heterocycles. The molecule has 1 rings (SSSR count). The molecule has 0 unspecified atom stereocenters. The summed E-state index contributed by atoms with van der Waals surface area (Å²) in [5.41, 5.74) is 5.50. The Morgan fingerprint density at radius 1 is 1.56 bits per heavy atom. The summed E-state index contributed by atoms with van der Waals surface area (Å²) in [6, 6.07) is -0.174. The Morgan fingerprint density at radius 3 is 3.11 bits per heavy atom. The molecule has 1 aliphatic rings. The van der Waals surface area contributed by atoms with Gasteiger partial charge in [-0.2, -0.15) is 0 Å². The zero-order chi connectivity index (χ0) is 6.69. The zero-order valence-electron chi connectivity index (χ0n) is 5.42. The van der Waals surface area contributed by atoms with Gasteiger partial charge in [-0.3, -0.25) is 0 Å². The lowest BCUT2D eigenvalue weighted by Crippen LogP contribution is -2.36. The molecule has 0 aromatic rings. The Labute approximate surface area is 54.8 Å². The first-order valence-electron chi connectivity index (χ1n) is 3.32.